The molecule has 4 aliphatic rings. The highest BCUT2D eigenvalue weighted by molar-refractivity contribution is 6.01. The number of pyridine rings is 1. The topological polar surface area (TPSA) is 104 Å². The summed E-state index contributed by atoms with van der Waals surface area (Å²) in [4.78, 5) is 18.9. The minimum atomic E-state index is -0.935. The number of benzene rings is 2. The number of ether oxygens (including phenoxy) is 2. The van der Waals surface area contributed by atoms with Crippen molar-refractivity contribution in [2.24, 2.45) is 11.3 Å². The maximum absolute atomic E-state index is 17.0. The van der Waals surface area contributed by atoms with Crippen LogP contribution >= 0.6 is 0 Å². The lowest BCUT2D eigenvalue weighted by molar-refractivity contribution is -0.0203. The van der Waals surface area contributed by atoms with E-state index >= 15 is 8.78 Å². The maximum atomic E-state index is 17.0. The van der Waals surface area contributed by atoms with Crippen molar-refractivity contribution in [3.05, 3.63) is 47.7 Å². The number of β-amino-alcohol motifs (C(OH)–C–C–N with tert-alkyl or cyclic N) is 1. The van der Waals surface area contributed by atoms with E-state index in [2.05, 4.69) is 9.88 Å². The molecule has 3 atom stereocenters. The molecule has 4 aromatic rings. The molecule has 11 heteroatoms. The van der Waals surface area contributed by atoms with Crippen molar-refractivity contribution in [3.8, 4) is 23.0 Å². The number of phenolic OH excluding ortho intramolecular Hbond substituents is 1. The zero-order valence-electron chi connectivity index (χ0n) is 31.8. The van der Waals surface area contributed by atoms with Crippen LogP contribution in [0.25, 0.3) is 32.9 Å². The Hall–Kier alpha value is -3.67. The SMILES string of the molecule is CC.CCc1c(F)ccc2cc(O)cc(-c3ncc4c(N5CCCC(C)(O)C5)nc(OCC56CCCC5N(CC5CCOCC5)CCC6)nc4c3F)c12. The molecule has 0 spiro atoms. The summed E-state index contributed by atoms with van der Waals surface area (Å²) in [6.45, 7) is 12.9. The second-order valence-electron chi connectivity index (χ2n) is 15.7. The zero-order valence-corrected chi connectivity index (χ0v) is 31.8. The number of aromatic hydroxyl groups is 1. The van der Waals surface area contributed by atoms with Gasteiger partial charge in [-0.15, -0.1) is 0 Å². The van der Waals surface area contributed by atoms with Crippen molar-refractivity contribution in [3.63, 3.8) is 0 Å². The van der Waals surface area contributed by atoms with Crippen LogP contribution in [-0.2, 0) is 11.2 Å². The number of phenols is 1. The van der Waals surface area contributed by atoms with Crippen LogP contribution in [0.1, 0.15) is 91.0 Å². The van der Waals surface area contributed by atoms with Crippen LogP contribution in [0, 0.1) is 23.0 Å². The van der Waals surface area contributed by atoms with E-state index < -0.39 is 17.2 Å². The smallest absolute Gasteiger partial charge is 0.319 e. The van der Waals surface area contributed by atoms with Gasteiger partial charge in [-0.05, 0) is 112 Å². The minimum Gasteiger partial charge on any atom is -0.508 e. The molecule has 2 aromatic heterocycles. The standard InChI is InChI=1S/C40H49F2N5O4.C2H6/c1-3-28-31(41)9-8-26-19-27(48)20-29(33(26)28)35-34(42)36-30(21-43-35)37(47-16-5-12-39(2,49)23-47)45-38(44-36)51-24-40-13-4-7-32(40)46(15-6-14-40)22-25-10-17-50-18-11-25;1-2/h8-9,19-21,25,32,48-49H,3-7,10-18,22-24H2,1-2H3;1-2H3. The molecular formula is C42H55F2N5O4. The van der Waals surface area contributed by atoms with Crippen LogP contribution in [0.3, 0.4) is 0 Å². The highest BCUT2D eigenvalue weighted by atomic mass is 19.1. The number of aliphatic hydroxyl groups is 1. The van der Waals surface area contributed by atoms with Crippen LogP contribution in [0.4, 0.5) is 14.6 Å². The van der Waals surface area contributed by atoms with E-state index in [1.165, 1.54) is 12.1 Å². The normalized spacial score (nSPS) is 25.3. The molecule has 1 aliphatic carbocycles. The Kier molecular flexibility index (Phi) is 11.1. The highest BCUT2D eigenvalue weighted by Crippen LogP contribution is 2.48. The summed E-state index contributed by atoms with van der Waals surface area (Å²) in [6.07, 6.45) is 11.1. The summed E-state index contributed by atoms with van der Waals surface area (Å²) in [5.41, 5.74) is -0.230. The third-order valence-corrected chi connectivity index (χ3v) is 12.1. The van der Waals surface area contributed by atoms with E-state index in [1.807, 2.05) is 32.6 Å². The molecule has 8 rings (SSSR count). The maximum Gasteiger partial charge on any atom is 0.319 e. The molecule has 2 N–H and O–H groups in total. The first-order valence-corrected chi connectivity index (χ1v) is 19.9. The van der Waals surface area contributed by atoms with Gasteiger partial charge in [0.15, 0.2) is 5.82 Å². The zero-order chi connectivity index (χ0) is 37.3. The molecule has 1 saturated carbocycles. The summed E-state index contributed by atoms with van der Waals surface area (Å²) in [7, 11) is 0. The third kappa shape index (κ3) is 7.41. The van der Waals surface area contributed by atoms with Gasteiger partial charge in [-0.1, -0.05) is 33.3 Å². The molecule has 0 bridgehead atoms. The van der Waals surface area contributed by atoms with Gasteiger partial charge in [-0.2, -0.15) is 9.97 Å². The first kappa shape index (κ1) is 37.6. The van der Waals surface area contributed by atoms with Crippen LogP contribution in [0.15, 0.2) is 30.5 Å². The van der Waals surface area contributed by atoms with Gasteiger partial charge in [-0.3, -0.25) is 9.88 Å². The van der Waals surface area contributed by atoms with E-state index in [1.54, 1.807) is 18.3 Å². The number of piperidine rings is 2. The molecule has 9 nitrogen and oxygen atoms in total. The first-order chi connectivity index (χ1) is 25.6. The van der Waals surface area contributed by atoms with Gasteiger partial charge in [0.25, 0.3) is 0 Å². The predicted molar refractivity (Wildman–Crippen MR) is 205 cm³/mol. The fraction of sp³-hybridized carbons (Fsp3) is 0.595. The second kappa shape index (κ2) is 15.6. The van der Waals surface area contributed by atoms with Crippen molar-refractivity contribution in [1.82, 2.24) is 19.9 Å². The Morgan fingerprint density at radius 2 is 1.77 bits per heavy atom. The number of halogens is 2. The summed E-state index contributed by atoms with van der Waals surface area (Å²) in [6, 6.07) is 6.47. The van der Waals surface area contributed by atoms with E-state index in [-0.39, 0.29) is 28.4 Å². The Morgan fingerprint density at radius 3 is 2.55 bits per heavy atom. The van der Waals surface area contributed by atoms with Gasteiger partial charge >= 0.3 is 6.01 Å². The van der Waals surface area contributed by atoms with Crippen LogP contribution in [-0.4, -0.2) is 87.7 Å². The van der Waals surface area contributed by atoms with Gasteiger partial charge in [0.2, 0.25) is 0 Å². The van der Waals surface area contributed by atoms with Crippen molar-refractivity contribution in [2.45, 2.75) is 104 Å². The number of aryl methyl sites for hydroxylation is 1. The number of nitrogens with zero attached hydrogens (tertiary/aromatic N) is 5. The Balaban J connectivity index is 0.00000214. The number of fused-ring (bicyclic) bond motifs is 3. The lowest BCUT2D eigenvalue weighted by atomic mass is 9.75. The molecular weight excluding hydrogens is 676 g/mol. The fourth-order valence-electron chi connectivity index (χ4n) is 9.65. The lowest BCUT2D eigenvalue weighted by Gasteiger charge is -2.47. The van der Waals surface area contributed by atoms with Gasteiger partial charge in [0.05, 0.1) is 17.6 Å². The Bertz CT molecular complexity index is 1940. The van der Waals surface area contributed by atoms with E-state index in [9.17, 15) is 10.2 Å². The molecule has 3 aliphatic heterocycles. The molecule has 0 radical (unpaired) electrons. The Labute approximate surface area is 311 Å². The highest BCUT2D eigenvalue weighted by Gasteiger charge is 2.49. The number of likely N-dealkylation sites (tertiary alicyclic amines) is 1. The molecule has 3 unspecified atom stereocenters. The van der Waals surface area contributed by atoms with E-state index in [4.69, 9.17) is 19.4 Å². The third-order valence-electron chi connectivity index (χ3n) is 12.1. The fourth-order valence-corrected chi connectivity index (χ4v) is 9.65. The van der Waals surface area contributed by atoms with Gasteiger partial charge in [-0.25, -0.2) is 8.78 Å². The molecule has 2 aromatic carbocycles. The van der Waals surface area contributed by atoms with Gasteiger partial charge < -0.3 is 24.6 Å². The van der Waals surface area contributed by atoms with Gasteiger partial charge in [0.1, 0.15) is 28.6 Å². The quantitative estimate of drug-likeness (QED) is 0.186. The van der Waals surface area contributed by atoms with E-state index in [0.717, 1.165) is 77.7 Å². The largest absolute Gasteiger partial charge is 0.508 e. The van der Waals surface area contributed by atoms with Gasteiger partial charge in [0, 0.05) is 56.1 Å². The Morgan fingerprint density at radius 1 is 1.00 bits per heavy atom. The first-order valence-electron chi connectivity index (χ1n) is 19.9. The van der Waals surface area contributed by atoms with Crippen LogP contribution in [0.2, 0.25) is 0 Å². The summed E-state index contributed by atoms with van der Waals surface area (Å²) in [5.74, 6) is -0.0312. The lowest BCUT2D eigenvalue weighted by Crippen LogP contribution is -2.53. The number of rotatable bonds is 8. The molecule has 4 fully saturated rings. The van der Waals surface area contributed by atoms with Crippen molar-refractivity contribution >= 4 is 27.5 Å². The monoisotopic (exact) mass is 731 g/mol. The molecule has 5 heterocycles. The average Bonchev–Trinajstić information content (AvgIpc) is 3.60. The summed E-state index contributed by atoms with van der Waals surface area (Å²) >= 11 is 0. The predicted octanol–water partition coefficient (Wildman–Crippen LogP) is 8.21. The minimum absolute atomic E-state index is 0.0280. The number of aromatic nitrogens is 3. The van der Waals surface area contributed by atoms with Crippen molar-refractivity contribution in [1.29, 1.82) is 0 Å². The molecule has 3 saturated heterocycles. The van der Waals surface area contributed by atoms with E-state index in [0.29, 0.717) is 77.6 Å². The molecule has 53 heavy (non-hydrogen) atoms. The van der Waals surface area contributed by atoms with Crippen molar-refractivity contribution in [2.75, 3.05) is 50.9 Å². The second-order valence-corrected chi connectivity index (χ2v) is 15.7. The average molecular weight is 732 g/mol. The molecule has 286 valence electrons. The van der Waals surface area contributed by atoms with Crippen molar-refractivity contribution < 1.29 is 28.5 Å². The summed E-state index contributed by atoms with van der Waals surface area (Å²) in [5, 5.41) is 23.2. The summed E-state index contributed by atoms with van der Waals surface area (Å²) < 4.78 is 44.3. The number of hydrogen-bond acceptors (Lipinski definition) is 9. The van der Waals surface area contributed by atoms with Crippen LogP contribution in [0.5, 0.6) is 11.8 Å². The van der Waals surface area contributed by atoms with Crippen LogP contribution < -0.4 is 9.64 Å². The molecule has 0 amide bonds. The number of hydrogen-bond donors (Lipinski definition) is 2. The number of anilines is 1.